The number of rotatable bonds is 7. The lowest BCUT2D eigenvalue weighted by Crippen LogP contribution is -2.11. The number of benzene rings is 9. The summed E-state index contributed by atoms with van der Waals surface area (Å²) >= 11 is 0. The number of hydrogen-bond donors (Lipinski definition) is 0. The van der Waals surface area contributed by atoms with E-state index in [1.165, 1.54) is 17.0 Å². The molecule has 0 radical (unpaired) electrons. The van der Waals surface area contributed by atoms with Crippen molar-refractivity contribution >= 4 is 49.8 Å². The molecule has 0 fully saturated rings. The van der Waals surface area contributed by atoms with Gasteiger partial charge in [-0.2, -0.15) is 0 Å². The Bertz CT molecular complexity index is 3890. The summed E-state index contributed by atoms with van der Waals surface area (Å²) in [7, 11) is 0. The molecule has 0 aliphatic rings. The smallest absolute Gasteiger partial charge is 0.136 e. The van der Waals surface area contributed by atoms with Crippen LogP contribution in [0.25, 0.3) is 77.2 Å². The van der Waals surface area contributed by atoms with Gasteiger partial charge in [0.15, 0.2) is 0 Å². The molecule has 1 aromatic heterocycles. The maximum absolute atomic E-state index is 9.72. The first-order chi connectivity index (χ1) is 34.3. The third-order valence-corrected chi connectivity index (χ3v) is 9.15. The molecule has 2 nitrogen and oxygen atoms in total. The minimum absolute atomic E-state index is 0.0642. The number of fused-ring (bicyclic) bond motifs is 5. The summed E-state index contributed by atoms with van der Waals surface area (Å²) in [6.07, 6.45) is 0. The van der Waals surface area contributed by atoms with Crippen LogP contribution >= 0.6 is 0 Å². The van der Waals surface area contributed by atoms with Crippen LogP contribution in [0.4, 0.5) is 17.1 Å². The highest BCUT2D eigenvalue weighted by Crippen LogP contribution is 2.43. The van der Waals surface area contributed by atoms with E-state index in [-0.39, 0.29) is 55.2 Å². The van der Waals surface area contributed by atoms with Crippen LogP contribution in [0.5, 0.6) is 0 Å². The predicted octanol–water partition coefficient (Wildman–Crippen LogP) is 14.9. The summed E-state index contributed by atoms with van der Waals surface area (Å²) in [6.45, 7) is 0. The standard InChI is InChI=1S/C52H35NO/c1-3-11-36(12-4-1)38-19-21-41(22-20-38)46-15-7-9-17-49(46)53(44-30-25-39(26-31-44)37-13-5-2-6-14-37)45-32-27-40(28-33-45)43-24-23-42-29-34-51-52(48(42)35-43)47-16-8-10-18-50(47)54-51/h1-35H/i2D,5D,6D,8D,10D,13D,14D,16D,18D,23D,24D,27D,28D,29D,32D,33D,34D,35D. The van der Waals surface area contributed by atoms with Crippen molar-refractivity contribution in [3.63, 3.8) is 0 Å². The Hall–Kier alpha value is -7.16. The molecule has 0 saturated carbocycles. The number of hydrogen-bond acceptors (Lipinski definition) is 2. The third kappa shape index (κ3) is 5.71. The number of nitrogens with zero attached hydrogens (tertiary/aromatic N) is 1. The maximum Gasteiger partial charge on any atom is 0.136 e. The lowest BCUT2D eigenvalue weighted by molar-refractivity contribution is 0.669. The van der Waals surface area contributed by atoms with Gasteiger partial charge in [0, 0.05) is 27.7 Å². The van der Waals surface area contributed by atoms with E-state index in [1.807, 2.05) is 60.7 Å². The van der Waals surface area contributed by atoms with Crippen LogP contribution < -0.4 is 4.90 Å². The Morgan fingerprint density at radius 1 is 0.389 bits per heavy atom. The van der Waals surface area contributed by atoms with Crippen molar-refractivity contribution in [3.8, 4) is 44.5 Å². The Morgan fingerprint density at radius 3 is 1.81 bits per heavy atom. The van der Waals surface area contributed by atoms with Gasteiger partial charge >= 0.3 is 0 Å². The van der Waals surface area contributed by atoms with E-state index in [4.69, 9.17) is 19.5 Å². The largest absolute Gasteiger partial charge is 0.456 e. The summed E-state index contributed by atoms with van der Waals surface area (Å²) in [5.41, 5.74) is 1.92. The normalized spacial score (nSPS) is 16.0. The highest BCUT2D eigenvalue weighted by atomic mass is 16.3. The highest BCUT2D eigenvalue weighted by Gasteiger charge is 2.18. The number of para-hydroxylation sites is 2. The summed E-state index contributed by atoms with van der Waals surface area (Å²) < 4.78 is 166. The van der Waals surface area contributed by atoms with Crippen LogP contribution in [-0.2, 0) is 0 Å². The molecular weight excluding hydrogens is 655 g/mol. The van der Waals surface area contributed by atoms with E-state index < -0.39 is 120 Å². The van der Waals surface area contributed by atoms with E-state index in [9.17, 15) is 9.60 Å². The first kappa shape index (κ1) is 18.1. The van der Waals surface area contributed by atoms with E-state index in [0.29, 0.717) is 16.8 Å². The monoisotopic (exact) mass is 707 g/mol. The zero-order valence-electron chi connectivity index (χ0n) is 46.2. The van der Waals surface area contributed by atoms with Gasteiger partial charge in [0.25, 0.3) is 0 Å². The Kier molecular flexibility index (Phi) is 4.49. The average molecular weight is 708 g/mol. The molecule has 0 unspecified atom stereocenters. The van der Waals surface area contributed by atoms with Gasteiger partial charge in [-0.05, 0) is 98.1 Å². The molecule has 0 N–H and O–H groups in total. The van der Waals surface area contributed by atoms with Crippen molar-refractivity contribution in [2.45, 2.75) is 0 Å². The van der Waals surface area contributed by atoms with Gasteiger partial charge in [0.2, 0.25) is 0 Å². The molecule has 9 aromatic carbocycles. The molecular formula is C52H35NO. The van der Waals surface area contributed by atoms with Gasteiger partial charge in [0.1, 0.15) is 11.2 Å². The van der Waals surface area contributed by atoms with Crippen LogP contribution in [0.2, 0.25) is 0 Å². The molecule has 0 aliphatic heterocycles. The first-order valence-corrected chi connectivity index (χ1v) is 17.0. The maximum atomic E-state index is 9.72. The Balaban J connectivity index is 1.23. The minimum Gasteiger partial charge on any atom is -0.456 e. The van der Waals surface area contributed by atoms with Gasteiger partial charge in [-0.15, -0.1) is 0 Å². The van der Waals surface area contributed by atoms with E-state index in [0.717, 1.165) is 11.1 Å². The van der Waals surface area contributed by atoms with Crippen molar-refractivity contribution in [1.82, 2.24) is 0 Å². The van der Waals surface area contributed by atoms with Gasteiger partial charge in [-0.1, -0.05) is 163 Å². The Labute approximate surface area is 340 Å². The average Bonchev–Trinajstić information content (AvgIpc) is 3.80. The van der Waals surface area contributed by atoms with Gasteiger partial charge in [0.05, 0.1) is 30.4 Å². The summed E-state index contributed by atoms with van der Waals surface area (Å²) in [5.74, 6) is 0. The molecule has 0 saturated heterocycles. The Morgan fingerprint density at radius 2 is 1.00 bits per heavy atom. The fourth-order valence-corrected chi connectivity index (χ4v) is 6.57. The van der Waals surface area contributed by atoms with E-state index >= 15 is 0 Å². The molecule has 10 aromatic rings. The molecule has 254 valence electrons. The molecule has 0 atom stereocenters. The van der Waals surface area contributed by atoms with Gasteiger partial charge in [-0.3, -0.25) is 0 Å². The molecule has 1 heterocycles. The molecule has 2 heteroatoms. The zero-order valence-corrected chi connectivity index (χ0v) is 28.2. The van der Waals surface area contributed by atoms with E-state index in [2.05, 4.69) is 0 Å². The lowest BCUT2D eigenvalue weighted by Gasteiger charge is -2.28. The van der Waals surface area contributed by atoms with Crippen molar-refractivity contribution in [3.05, 3.63) is 212 Å². The highest BCUT2D eigenvalue weighted by molar-refractivity contribution is 6.19. The fourth-order valence-electron chi connectivity index (χ4n) is 6.57. The number of anilines is 3. The van der Waals surface area contributed by atoms with Gasteiger partial charge < -0.3 is 9.32 Å². The predicted molar refractivity (Wildman–Crippen MR) is 228 cm³/mol. The van der Waals surface area contributed by atoms with Gasteiger partial charge in [-0.25, -0.2) is 0 Å². The van der Waals surface area contributed by atoms with Crippen molar-refractivity contribution in [1.29, 1.82) is 0 Å². The van der Waals surface area contributed by atoms with Crippen LogP contribution in [0.3, 0.4) is 0 Å². The van der Waals surface area contributed by atoms with Crippen molar-refractivity contribution < 1.29 is 29.1 Å². The first-order valence-electron chi connectivity index (χ1n) is 26.0. The van der Waals surface area contributed by atoms with Crippen LogP contribution in [-0.4, -0.2) is 0 Å². The molecule has 0 aliphatic carbocycles. The van der Waals surface area contributed by atoms with Crippen molar-refractivity contribution in [2.75, 3.05) is 4.90 Å². The molecule has 10 rings (SSSR count). The number of furan rings is 1. The van der Waals surface area contributed by atoms with Crippen LogP contribution in [0.15, 0.2) is 216 Å². The second kappa shape index (κ2) is 13.4. The minimum atomic E-state index is -0.757. The van der Waals surface area contributed by atoms with Crippen molar-refractivity contribution in [2.24, 2.45) is 0 Å². The zero-order chi connectivity index (χ0) is 51.5. The third-order valence-electron chi connectivity index (χ3n) is 9.15. The topological polar surface area (TPSA) is 16.4 Å². The molecule has 54 heavy (non-hydrogen) atoms. The SMILES string of the molecule is [2H]c1c([2H])c([2H])c(-c2ccc(N(c3ccccc3-c3ccc(-c4ccccc4)cc3)c3c([2H])c([2H])c(-c4c([2H])c([2H])c5c([2H])c([2H])c6oc7c([2H])c([2H])c([2H])c([2H])c7c6c5c4[2H])c([2H])c3[2H])cc2)c([2H])c1[2H]. The molecule has 0 spiro atoms. The quantitative estimate of drug-likeness (QED) is 0.164. The van der Waals surface area contributed by atoms with Crippen LogP contribution in [0.1, 0.15) is 24.7 Å². The summed E-state index contributed by atoms with van der Waals surface area (Å²) in [5, 5.41) is -1.17. The van der Waals surface area contributed by atoms with Crippen LogP contribution in [0, 0.1) is 0 Å². The molecule has 0 amide bonds. The molecule has 0 bridgehead atoms. The fraction of sp³-hybridized carbons (Fsp3) is 0. The second-order valence-corrected chi connectivity index (χ2v) is 12.3. The summed E-state index contributed by atoms with van der Waals surface area (Å²) in [6, 6.07) is 19.6. The lowest BCUT2D eigenvalue weighted by atomic mass is 9.97. The summed E-state index contributed by atoms with van der Waals surface area (Å²) in [4.78, 5) is 1.49. The second-order valence-electron chi connectivity index (χ2n) is 12.3. The van der Waals surface area contributed by atoms with E-state index in [1.54, 1.807) is 30.3 Å².